The fourth-order valence-electron chi connectivity index (χ4n) is 5.66. The molecule has 0 amide bonds. The molecule has 0 heterocycles. The Kier molecular flexibility index (Phi) is 5.09. The van der Waals surface area contributed by atoms with Crippen molar-refractivity contribution in [2.75, 3.05) is 0 Å². The van der Waals surface area contributed by atoms with Gasteiger partial charge < -0.3 is 5.11 Å². The van der Waals surface area contributed by atoms with Crippen LogP contribution in [0.4, 0.5) is 0 Å². The number of hydrogen-bond acceptors (Lipinski definition) is 1. The summed E-state index contributed by atoms with van der Waals surface area (Å²) in [6.07, 6.45) is 8.89. The second kappa shape index (κ2) is 6.37. The second-order valence-corrected chi connectivity index (χ2v) is 8.93. The molecule has 2 heteroatoms. The maximum atomic E-state index is 10.9. The van der Waals surface area contributed by atoms with Gasteiger partial charge in [-0.1, -0.05) is 46.3 Å². The SMILES string of the molecule is C=C1CC[C@H]2C(C)(C)CCC[C@]2(C)[C@H]1CC[C@@H](C)CC(=O)O. The quantitative estimate of drug-likeness (QED) is 0.664. The van der Waals surface area contributed by atoms with Gasteiger partial charge in [0.05, 0.1) is 0 Å². The van der Waals surface area contributed by atoms with Crippen LogP contribution >= 0.6 is 0 Å². The number of carbonyl (C=O) groups is 1. The van der Waals surface area contributed by atoms with E-state index in [-0.39, 0.29) is 5.92 Å². The van der Waals surface area contributed by atoms with E-state index in [1.807, 2.05) is 0 Å². The third kappa shape index (κ3) is 3.41. The summed E-state index contributed by atoms with van der Waals surface area (Å²) in [5, 5.41) is 8.96. The first-order valence-corrected chi connectivity index (χ1v) is 9.06. The maximum Gasteiger partial charge on any atom is 0.303 e. The molecule has 126 valence electrons. The number of allylic oxidation sites excluding steroid dienone is 1. The van der Waals surface area contributed by atoms with Gasteiger partial charge in [-0.3, -0.25) is 4.79 Å². The standard InChI is InChI=1S/C20H34O2/c1-14(13-18(21)22)7-9-16-15(2)8-10-17-19(3,4)11-6-12-20(16,17)5/h14,16-17H,2,6-13H2,1,3-5H3,(H,21,22)/t14-,16+,17+,20-/m1/s1. The van der Waals surface area contributed by atoms with Gasteiger partial charge in [0.2, 0.25) is 0 Å². The number of hydrogen-bond donors (Lipinski definition) is 1. The molecule has 0 aromatic carbocycles. The largest absolute Gasteiger partial charge is 0.481 e. The average molecular weight is 306 g/mol. The van der Waals surface area contributed by atoms with Crippen LogP contribution in [0.2, 0.25) is 0 Å². The van der Waals surface area contributed by atoms with Crippen LogP contribution in [0.25, 0.3) is 0 Å². The first-order chi connectivity index (χ1) is 10.2. The predicted octanol–water partition coefficient (Wildman–Crippen LogP) is 5.68. The van der Waals surface area contributed by atoms with Crippen molar-refractivity contribution >= 4 is 5.97 Å². The van der Waals surface area contributed by atoms with Gasteiger partial charge in [-0.2, -0.15) is 0 Å². The Morgan fingerprint density at radius 2 is 2.05 bits per heavy atom. The second-order valence-electron chi connectivity index (χ2n) is 8.93. The van der Waals surface area contributed by atoms with Crippen molar-refractivity contribution in [1.82, 2.24) is 0 Å². The Morgan fingerprint density at radius 3 is 2.68 bits per heavy atom. The molecule has 2 aliphatic rings. The summed E-state index contributed by atoms with van der Waals surface area (Å²) >= 11 is 0. The highest BCUT2D eigenvalue weighted by Gasteiger charge is 2.52. The maximum absolute atomic E-state index is 10.9. The summed E-state index contributed by atoms with van der Waals surface area (Å²) in [5.74, 6) is 0.977. The van der Waals surface area contributed by atoms with Crippen LogP contribution in [0.3, 0.4) is 0 Å². The topological polar surface area (TPSA) is 37.3 Å². The summed E-state index contributed by atoms with van der Waals surface area (Å²) in [5.41, 5.74) is 2.25. The monoisotopic (exact) mass is 306 g/mol. The minimum absolute atomic E-state index is 0.269. The van der Waals surface area contributed by atoms with E-state index in [2.05, 4.69) is 34.3 Å². The molecule has 0 radical (unpaired) electrons. The minimum Gasteiger partial charge on any atom is -0.481 e. The molecule has 2 rings (SSSR count). The lowest BCUT2D eigenvalue weighted by Gasteiger charge is -2.58. The van der Waals surface area contributed by atoms with Crippen LogP contribution in [0.5, 0.6) is 0 Å². The molecule has 0 aliphatic heterocycles. The fourth-order valence-corrected chi connectivity index (χ4v) is 5.66. The zero-order valence-corrected chi connectivity index (χ0v) is 15.0. The lowest BCUT2D eigenvalue weighted by Crippen LogP contribution is -2.49. The number of carboxylic acid groups (broad SMARTS) is 1. The minimum atomic E-state index is -0.669. The van der Waals surface area contributed by atoms with Crippen molar-refractivity contribution in [2.24, 2.45) is 28.6 Å². The summed E-state index contributed by atoms with van der Waals surface area (Å²) < 4.78 is 0. The molecule has 0 bridgehead atoms. The molecule has 2 aliphatic carbocycles. The van der Waals surface area contributed by atoms with Crippen LogP contribution in [0, 0.1) is 28.6 Å². The van der Waals surface area contributed by atoms with Gasteiger partial charge in [-0.15, -0.1) is 0 Å². The normalized spacial score (nSPS) is 35.7. The van der Waals surface area contributed by atoms with Crippen LogP contribution < -0.4 is 0 Å². The third-order valence-corrected chi connectivity index (χ3v) is 6.79. The molecule has 0 saturated heterocycles. The first kappa shape index (κ1) is 17.6. The van der Waals surface area contributed by atoms with E-state index < -0.39 is 5.97 Å². The first-order valence-electron chi connectivity index (χ1n) is 9.06. The van der Waals surface area contributed by atoms with Crippen molar-refractivity contribution < 1.29 is 9.90 Å². The molecule has 0 unspecified atom stereocenters. The van der Waals surface area contributed by atoms with E-state index in [1.54, 1.807) is 0 Å². The van der Waals surface area contributed by atoms with Crippen molar-refractivity contribution in [2.45, 2.75) is 79.1 Å². The molecule has 2 nitrogen and oxygen atoms in total. The number of rotatable bonds is 5. The highest BCUT2D eigenvalue weighted by atomic mass is 16.4. The van der Waals surface area contributed by atoms with E-state index in [4.69, 9.17) is 5.11 Å². The van der Waals surface area contributed by atoms with Gasteiger partial charge in [0.25, 0.3) is 0 Å². The Morgan fingerprint density at radius 1 is 1.36 bits per heavy atom. The van der Waals surface area contributed by atoms with Gasteiger partial charge in [0.1, 0.15) is 0 Å². The molecule has 2 saturated carbocycles. The summed E-state index contributed by atoms with van der Waals surface area (Å²) in [6, 6.07) is 0. The molecule has 22 heavy (non-hydrogen) atoms. The van der Waals surface area contributed by atoms with Crippen LogP contribution in [0.1, 0.15) is 79.1 Å². The number of aliphatic carboxylic acids is 1. The third-order valence-electron chi connectivity index (χ3n) is 6.79. The van der Waals surface area contributed by atoms with Crippen molar-refractivity contribution in [1.29, 1.82) is 0 Å². The Hall–Kier alpha value is -0.790. The van der Waals surface area contributed by atoms with E-state index in [1.165, 1.54) is 37.7 Å². The van der Waals surface area contributed by atoms with Crippen LogP contribution in [-0.2, 0) is 4.79 Å². The van der Waals surface area contributed by atoms with E-state index in [9.17, 15) is 4.79 Å². The Balaban J connectivity index is 2.10. The van der Waals surface area contributed by atoms with Crippen molar-refractivity contribution in [3.63, 3.8) is 0 Å². The number of fused-ring (bicyclic) bond motifs is 1. The zero-order chi connectivity index (χ0) is 16.5. The smallest absolute Gasteiger partial charge is 0.303 e. The van der Waals surface area contributed by atoms with Gasteiger partial charge >= 0.3 is 5.97 Å². The van der Waals surface area contributed by atoms with E-state index in [0.29, 0.717) is 23.2 Å². The summed E-state index contributed by atoms with van der Waals surface area (Å²) in [4.78, 5) is 10.9. The molecule has 2 fully saturated rings. The van der Waals surface area contributed by atoms with Gasteiger partial charge in [0, 0.05) is 6.42 Å². The zero-order valence-electron chi connectivity index (χ0n) is 15.0. The summed E-state index contributed by atoms with van der Waals surface area (Å²) in [7, 11) is 0. The van der Waals surface area contributed by atoms with Crippen molar-refractivity contribution in [3.05, 3.63) is 12.2 Å². The van der Waals surface area contributed by atoms with E-state index in [0.717, 1.165) is 18.8 Å². The molecule has 0 spiro atoms. The van der Waals surface area contributed by atoms with Gasteiger partial charge in [-0.05, 0) is 67.1 Å². The lowest BCUT2D eigenvalue weighted by molar-refractivity contribution is -0.138. The van der Waals surface area contributed by atoms with Gasteiger partial charge in [0.15, 0.2) is 0 Å². The highest BCUT2D eigenvalue weighted by Crippen LogP contribution is 2.61. The molecular formula is C20H34O2. The number of carboxylic acids is 1. The van der Waals surface area contributed by atoms with Gasteiger partial charge in [-0.25, -0.2) is 0 Å². The average Bonchev–Trinajstić information content (AvgIpc) is 2.35. The Labute approximate surface area is 136 Å². The van der Waals surface area contributed by atoms with E-state index >= 15 is 0 Å². The lowest BCUT2D eigenvalue weighted by atomic mass is 9.47. The highest BCUT2D eigenvalue weighted by molar-refractivity contribution is 5.66. The molecule has 0 aromatic heterocycles. The molecule has 0 aromatic rings. The molecule has 1 N–H and O–H groups in total. The summed E-state index contributed by atoms with van der Waals surface area (Å²) in [6.45, 7) is 13.9. The molecular weight excluding hydrogens is 272 g/mol. The molecule has 4 atom stereocenters. The fraction of sp³-hybridized carbons (Fsp3) is 0.850. The Bertz CT molecular complexity index is 437. The van der Waals surface area contributed by atoms with Crippen LogP contribution in [0.15, 0.2) is 12.2 Å². The van der Waals surface area contributed by atoms with Crippen LogP contribution in [-0.4, -0.2) is 11.1 Å². The predicted molar refractivity (Wildman–Crippen MR) is 91.7 cm³/mol. The van der Waals surface area contributed by atoms with Crippen molar-refractivity contribution in [3.8, 4) is 0 Å².